The van der Waals surface area contributed by atoms with Crippen LogP contribution in [0.2, 0.25) is 0 Å². The quantitative estimate of drug-likeness (QED) is 0.833. The molecule has 0 radical (unpaired) electrons. The highest BCUT2D eigenvalue weighted by Gasteiger charge is 2.15. The number of tetrazole rings is 1. The van der Waals surface area contributed by atoms with Gasteiger partial charge in [-0.2, -0.15) is 9.36 Å². The lowest BCUT2D eigenvalue weighted by Gasteiger charge is -2.07. The third kappa shape index (κ3) is 3.88. The fourth-order valence-electron chi connectivity index (χ4n) is 3.17. The molecular weight excluding hydrogens is 310 g/mol. The normalized spacial score (nSPS) is 14.5. The van der Waals surface area contributed by atoms with Crippen molar-refractivity contribution in [2.45, 2.75) is 45.1 Å². The number of benzene rings is 1. The van der Waals surface area contributed by atoms with E-state index in [1.807, 2.05) is 0 Å². The average molecular weight is 333 g/mol. The first-order valence-electron chi connectivity index (χ1n) is 8.08. The summed E-state index contributed by atoms with van der Waals surface area (Å²) >= 11 is 0. The number of carbonyl (C=O) groups excluding carboxylic acids is 1. The van der Waals surface area contributed by atoms with Gasteiger partial charge in [-0.3, -0.25) is 4.79 Å². The highest BCUT2D eigenvalue weighted by molar-refractivity contribution is 5.92. The van der Waals surface area contributed by atoms with Gasteiger partial charge in [0, 0.05) is 12.1 Å². The zero-order valence-corrected chi connectivity index (χ0v) is 13.5. The van der Waals surface area contributed by atoms with Crippen LogP contribution in [-0.2, 0) is 6.54 Å². The molecule has 3 rings (SSSR count). The largest absolute Gasteiger partial charge is 0.412 e. The summed E-state index contributed by atoms with van der Waals surface area (Å²) < 4.78 is 2.64. The highest BCUT2D eigenvalue weighted by atomic mass is 16.2. The van der Waals surface area contributed by atoms with Gasteiger partial charge in [-0.15, -0.1) is 0 Å². The van der Waals surface area contributed by atoms with Crippen LogP contribution in [0, 0.1) is 5.92 Å². The minimum atomic E-state index is -0.500. The highest BCUT2D eigenvalue weighted by Crippen LogP contribution is 2.28. The minimum Gasteiger partial charge on any atom is -0.412 e. The van der Waals surface area contributed by atoms with Crippen molar-refractivity contribution in [1.82, 2.24) is 19.8 Å². The summed E-state index contributed by atoms with van der Waals surface area (Å²) in [5.41, 5.74) is 5.91. The molecule has 0 aliphatic heterocycles. The maximum atomic E-state index is 12.3. The molecule has 0 atom stereocenters. The maximum Gasteiger partial charge on any atom is 0.368 e. The number of primary amides is 1. The molecule has 24 heavy (non-hydrogen) atoms. The Bertz CT molecular complexity index is 729. The second-order valence-corrected chi connectivity index (χ2v) is 6.10. The Hall–Kier alpha value is -2.48. The van der Waals surface area contributed by atoms with E-state index in [1.54, 1.807) is 24.3 Å². The molecule has 130 valence electrons. The van der Waals surface area contributed by atoms with E-state index in [-0.39, 0.29) is 11.2 Å². The number of rotatable bonds is 6. The summed E-state index contributed by atoms with van der Waals surface area (Å²) in [6.45, 7) is 0.592. The zero-order chi connectivity index (χ0) is 16.2. The van der Waals surface area contributed by atoms with E-state index < -0.39 is 5.91 Å². The third-order valence-corrected chi connectivity index (χ3v) is 4.49. The van der Waals surface area contributed by atoms with Gasteiger partial charge in [0.05, 0.1) is 5.69 Å². The van der Waals surface area contributed by atoms with Crippen molar-refractivity contribution < 1.29 is 10.3 Å². The first-order valence-corrected chi connectivity index (χ1v) is 8.08. The van der Waals surface area contributed by atoms with Gasteiger partial charge in [-0.1, -0.05) is 25.7 Å². The Morgan fingerprint density at radius 2 is 1.83 bits per heavy atom. The summed E-state index contributed by atoms with van der Waals surface area (Å²) in [5.74, 6) is 0.307. The van der Waals surface area contributed by atoms with Gasteiger partial charge in [0.15, 0.2) is 0 Å². The number of aromatic nitrogens is 4. The molecule has 1 aromatic heterocycles. The number of aryl methyl sites for hydroxylation is 1. The molecule has 8 nitrogen and oxygen atoms in total. The van der Waals surface area contributed by atoms with Crippen molar-refractivity contribution in [2.75, 3.05) is 0 Å². The smallest absolute Gasteiger partial charge is 0.368 e. The topological polar surface area (TPSA) is 127 Å². The van der Waals surface area contributed by atoms with Gasteiger partial charge in [0.2, 0.25) is 5.91 Å². The molecule has 1 heterocycles. The van der Waals surface area contributed by atoms with Gasteiger partial charge in [-0.25, -0.2) is 4.79 Å². The van der Waals surface area contributed by atoms with Crippen molar-refractivity contribution in [3.05, 3.63) is 40.3 Å². The molecule has 1 aliphatic rings. The number of nitrogens with zero attached hydrogens (tertiary/aromatic N) is 4. The molecule has 4 N–H and O–H groups in total. The molecule has 0 bridgehead atoms. The van der Waals surface area contributed by atoms with Crippen LogP contribution in [0.3, 0.4) is 0 Å². The van der Waals surface area contributed by atoms with E-state index in [9.17, 15) is 9.59 Å². The Morgan fingerprint density at radius 1 is 1.17 bits per heavy atom. The Balaban J connectivity index is 0.00000208. The summed E-state index contributed by atoms with van der Waals surface area (Å²) in [6.07, 6.45) is 7.39. The molecule has 1 aromatic carbocycles. The molecule has 1 fully saturated rings. The van der Waals surface area contributed by atoms with Crippen LogP contribution in [0.5, 0.6) is 0 Å². The van der Waals surface area contributed by atoms with E-state index >= 15 is 0 Å². The van der Waals surface area contributed by atoms with Gasteiger partial charge in [-0.05, 0) is 53.5 Å². The average Bonchev–Trinajstić information content (AvgIpc) is 3.18. The van der Waals surface area contributed by atoms with Crippen molar-refractivity contribution >= 4 is 5.91 Å². The van der Waals surface area contributed by atoms with Crippen LogP contribution >= 0.6 is 0 Å². The summed E-state index contributed by atoms with van der Waals surface area (Å²) in [5, 5.41) is 7.85. The van der Waals surface area contributed by atoms with Crippen molar-refractivity contribution in [1.29, 1.82) is 0 Å². The van der Waals surface area contributed by atoms with Crippen molar-refractivity contribution in [3.63, 3.8) is 0 Å². The van der Waals surface area contributed by atoms with Crippen LogP contribution in [-0.4, -0.2) is 31.2 Å². The lowest BCUT2D eigenvalue weighted by atomic mass is 10.0. The third-order valence-electron chi connectivity index (χ3n) is 4.49. The van der Waals surface area contributed by atoms with Crippen LogP contribution in [0.4, 0.5) is 0 Å². The van der Waals surface area contributed by atoms with E-state index in [0.717, 1.165) is 18.8 Å². The molecule has 2 aromatic rings. The van der Waals surface area contributed by atoms with Gasteiger partial charge < -0.3 is 11.2 Å². The Kier molecular flexibility index (Phi) is 5.86. The molecule has 0 spiro atoms. The first kappa shape index (κ1) is 17.9. The second-order valence-electron chi connectivity index (χ2n) is 6.10. The predicted octanol–water partition coefficient (Wildman–Crippen LogP) is 0.674. The maximum absolute atomic E-state index is 12.3. The number of amides is 1. The molecule has 8 heteroatoms. The van der Waals surface area contributed by atoms with Gasteiger partial charge >= 0.3 is 5.69 Å². The summed E-state index contributed by atoms with van der Waals surface area (Å²) in [7, 11) is 0. The number of carbonyl (C=O) groups is 1. The molecular formula is C16H23N5O3. The number of nitrogens with two attached hydrogens (primary N) is 1. The van der Waals surface area contributed by atoms with Gasteiger partial charge in [0.1, 0.15) is 0 Å². The number of hydrogen-bond acceptors (Lipinski definition) is 4. The molecule has 1 saturated carbocycles. The standard InChI is InChI=1S/C16H21N5O2.H2O/c17-15(22)13-7-9-14(10-8-13)21-16(23)20(18-19-21)11-3-6-12-4-1-2-5-12;/h7-10,12H,1-6,11H2,(H2,17,22);1H2. The van der Waals surface area contributed by atoms with Crippen molar-refractivity contribution in [3.8, 4) is 5.69 Å². The Morgan fingerprint density at radius 3 is 2.46 bits per heavy atom. The molecule has 1 aliphatic carbocycles. The lowest BCUT2D eigenvalue weighted by molar-refractivity contribution is 0.100. The molecule has 0 unspecified atom stereocenters. The lowest BCUT2D eigenvalue weighted by Crippen LogP contribution is -2.24. The number of hydrogen-bond donors (Lipinski definition) is 1. The fraction of sp³-hybridized carbons (Fsp3) is 0.500. The first-order chi connectivity index (χ1) is 11.1. The van der Waals surface area contributed by atoms with Crippen molar-refractivity contribution in [2.24, 2.45) is 11.7 Å². The van der Waals surface area contributed by atoms with E-state index in [4.69, 9.17) is 5.73 Å². The van der Waals surface area contributed by atoms with Crippen LogP contribution in [0.1, 0.15) is 48.9 Å². The second kappa shape index (κ2) is 7.87. The van der Waals surface area contributed by atoms with Crippen LogP contribution < -0.4 is 11.4 Å². The molecule has 0 saturated heterocycles. The van der Waals surface area contributed by atoms with Crippen LogP contribution in [0.15, 0.2) is 29.1 Å². The van der Waals surface area contributed by atoms with E-state index in [0.29, 0.717) is 17.8 Å². The van der Waals surface area contributed by atoms with E-state index in [2.05, 4.69) is 10.4 Å². The van der Waals surface area contributed by atoms with Crippen LogP contribution in [0.25, 0.3) is 5.69 Å². The SMILES string of the molecule is NC(=O)c1ccc(-n2nnn(CCCC3CCCC3)c2=O)cc1.O. The predicted molar refractivity (Wildman–Crippen MR) is 88.9 cm³/mol. The fourth-order valence-corrected chi connectivity index (χ4v) is 3.17. The van der Waals surface area contributed by atoms with Gasteiger partial charge in [0.25, 0.3) is 0 Å². The minimum absolute atomic E-state index is 0. The van der Waals surface area contributed by atoms with E-state index in [1.165, 1.54) is 35.0 Å². The summed E-state index contributed by atoms with van der Waals surface area (Å²) in [6, 6.07) is 6.42. The molecule has 1 amide bonds. The zero-order valence-electron chi connectivity index (χ0n) is 13.5. The monoisotopic (exact) mass is 333 g/mol. The Labute approximate surface area is 139 Å². The summed E-state index contributed by atoms with van der Waals surface area (Å²) in [4.78, 5) is 23.4.